The van der Waals surface area contributed by atoms with E-state index >= 15 is 0 Å². The van der Waals surface area contributed by atoms with Gasteiger partial charge in [0.05, 0.1) is 5.56 Å². The monoisotopic (exact) mass is 399 g/mol. The van der Waals surface area contributed by atoms with Crippen LogP contribution in [0.2, 0.25) is 5.02 Å². The van der Waals surface area contributed by atoms with Gasteiger partial charge >= 0.3 is 0 Å². The zero-order chi connectivity index (χ0) is 18.0. The van der Waals surface area contributed by atoms with Gasteiger partial charge in [-0.15, -0.1) is 11.3 Å². The van der Waals surface area contributed by atoms with Crippen molar-refractivity contribution >= 4 is 38.9 Å². The van der Waals surface area contributed by atoms with Gasteiger partial charge in [-0.1, -0.05) is 23.7 Å². The third kappa shape index (κ3) is 4.59. The molecule has 1 aliphatic heterocycles. The van der Waals surface area contributed by atoms with Crippen LogP contribution in [-0.4, -0.2) is 50.3 Å². The highest BCUT2D eigenvalue weighted by Crippen LogP contribution is 2.21. The first-order valence-corrected chi connectivity index (χ1v) is 10.5. The summed E-state index contributed by atoms with van der Waals surface area (Å²) in [5.41, 5.74) is 1.56. The molecule has 2 aromatic rings. The van der Waals surface area contributed by atoms with E-state index in [9.17, 15) is 13.2 Å². The molecule has 0 radical (unpaired) electrons. The van der Waals surface area contributed by atoms with Gasteiger partial charge in [0, 0.05) is 43.1 Å². The highest BCUT2D eigenvalue weighted by atomic mass is 35.5. The molecule has 0 spiro atoms. The Morgan fingerprint density at radius 2 is 1.80 bits per heavy atom. The lowest BCUT2D eigenvalue weighted by Crippen LogP contribution is -2.48. The van der Waals surface area contributed by atoms with Gasteiger partial charge in [0.1, 0.15) is 4.21 Å². The maximum Gasteiger partial charge on any atom is 0.254 e. The quantitative estimate of drug-likeness (QED) is 0.852. The summed E-state index contributed by atoms with van der Waals surface area (Å²) in [5.74, 6) is -0.155. The lowest BCUT2D eigenvalue weighted by Gasteiger charge is -2.34. The number of rotatable bonds is 4. The molecule has 1 fully saturated rings. The standard InChI is InChI=1S/C16H18ClN3O3S2/c17-14-3-1-12(2-4-14)10-19-5-7-20(8-6-19)16(21)13-9-15(24-11-13)25(18,22)23/h1-4,9,11H,5-8,10H2,(H2,18,22,23). The number of nitrogens with two attached hydrogens (primary N) is 1. The number of carbonyl (C=O) groups excluding carboxylic acids is 1. The van der Waals surface area contributed by atoms with E-state index in [1.54, 1.807) is 10.3 Å². The van der Waals surface area contributed by atoms with Crippen LogP contribution in [0.1, 0.15) is 15.9 Å². The predicted octanol–water partition coefficient (Wildman–Crippen LogP) is 2.01. The molecule has 0 bridgehead atoms. The van der Waals surface area contributed by atoms with Crippen molar-refractivity contribution in [3.63, 3.8) is 0 Å². The average Bonchev–Trinajstić information content (AvgIpc) is 3.07. The van der Waals surface area contributed by atoms with Crippen molar-refractivity contribution in [3.05, 3.63) is 51.9 Å². The number of sulfonamides is 1. The Labute approximate surface area is 155 Å². The molecule has 1 aromatic carbocycles. The second kappa shape index (κ2) is 7.43. The third-order valence-corrected chi connectivity index (χ3v) is 6.72. The van der Waals surface area contributed by atoms with E-state index in [2.05, 4.69) is 4.90 Å². The summed E-state index contributed by atoms with van der Waals surface area (Å²) in [6, 6.07) is 9.09. The van der Waals surface area contributed by atoms with Crippen molar-refractivity contribution in [2.45, 2.75) is 10.8 Å². The minimum atomic E-state index is -3.76. The largest absolute Gasteiger partial charge is 0.336 e. The molecule has 9 heteroatoms. The first kappa shape index (κ1) is 18.3. The molecule has 2 heterocycles. The smallest absolute Gasteiger partial charge is 0.254 e. The van der Waals surface area contributed by atoms with Crippen molar-refractivity contribution in [1.82, 2.24) is 9.80 Å². The predicted molar refractivity (Wildman–Crippen MR) is 98.3 cm³/mol. The lowest BCUT2D eigenvalue weighted by atomic mass is 10.2. The van der Waals surface area contributed by atoms with Crippen LogP contribution in [-0.2, 0) is 16.6 Å². The molecule has 2 N–H and O–H groups in total. The summed E-state index contributed by atoms with van der Waals surface area (Å²) in [6.07, 6.45) is 0. The van der Waals surface area contributed by atoms with Crippen molar-refractivity contribution < 1.29 is 13.2 Å². The molecule has 3 rings (SSSR count). The molecule has 0 saturated carbocycles. The summed E-state index contributed by atoms with van der Waals surface area (Å²) < 4.78 is 22.7. The van der Waals surface area contributed by atoms with E-state index < -0.39 is 10.0 Å². The Balaban J connectivity index is 1.57. The van der Waals surface area contributed by atoms with E-state index in [1.165, 1.54) is 11.6 Å². The van der Waals surface area contributed by atoms with Gasteiger partial charge in [0.25, 0.3) is 5.91 Å². The second-order valence-corrected chi connectivity index (χ2v) is 9.03. The number of piperazine rings is 1. The van der Waals surface area contributed by atoms with Crippen LogP contribution in [0.25, 0.3) is 0 Å². The van der Waals surface area contributed by atoms with Gasteiger partial charge in [-0.3, -0.25) is 9.69 Å². The van der Waals surface area contributed by atoms with Crippen LogP contribution >= 0.6 is 22.9 Å². The average molecular weight is 400 g/mol. The molecule has 1 amide bonds. The lowest BCUT2D eigenvalue weighted by molar-refractivity contribution is 0.0629. The molecule has 25 heavy (non-hydrogen) atoms. The minimum absolute atomic E-state index is 0.0113. The van der Waals surface area contributed by atoms with Crippen LogP contribution in [0, 0.1) is 0 Å². The molecule has 1 aliphatic rings. The van der Waals surface area contributed by atoms with Crippen molar-refractivity contribution in [3.8, 4) is 0 Å². The zero-order valence-corrected chi connectivity index (χ0v) is 15.8. The Hall–Kier alpha value is -1.45. The van der Waals surface area contributed by atoms with Gasteiger partial charge in [0.2, 0.25) is 10.0 Å². The number of nitrogens with zero attached hydrogens (tertiary/aromatic N) is 2. The highest BCUT2D eigenvalue weighted by Gasteiger charge is 2.24. The Bertz CT molecular complexity index is 857. The van der Waals surface area contributed by atoms with Crippen LogP contribution in [0.4, 0.5) is 0 Å². The second-order valence-electron chi connectivity index (χ2n) is 5.89. The normalized spacial score (nSPS) is 16.2. The number of carbonyl (C=O) groups is 1. The van der Waals surface area contributed by atoms with E-state index in [1.807, 2.05) is 24.3 Å². The molecular formula is C16H18ClN3O3S2. The number of hydrogen-bond acceptors (Lipinski definition) is 5. The summed E-state index contributed by atoms with van der Waals surface area (Å²) in [7, 11) is -3.76. The van der Waals surface area contributed by atoms with Crippen LogP contribution in [0.15, 0.2) is 39.9 Å². The van der Waals surface area contributed by atoms with Crippen molar-refractivity contribution in [1.29, 1.82) is 0 Å². The summed E-state index contributed by atoms with van der Waals surface area (Å²) in [6.45, 7) is 3.55. The van der Waals surface area contributed by atoms with E-state index in [0.717, 1.165) is 31.0 Å². The topological polar surface area (TPSA) is 83.7 Å². The molecule has 0 unspecified atom stereocenters. The van der Waals surface area contributed by atoms with E-state index in [-0.39, 0.29) is 10.1 Å². The number of halogens is 1. The summed E-state index contributed by atoms with van der Waals surface area (Å²) >= 11 is 6.86. The number of hydrogen-bond donors (Lipinski definition) is 1. The van der Waals surface area contributed by atoms with E-state index in [4.69, 9.17) is 16.7 Å². The summed E-state index contributed by atoms with van der Waals surface area (Å²) in [4.78, 5) is 16.5. The fourth-order valence-electron chi connectivity index (χ4n) is 2.72. The number of benzene rings is 1. The molecular weight excluding hydrogens is 382 g/mol. The molecule has 6 nitrogen and oxygen atoms in total. The van der Waals surface area contributed by atoms with Crippen LogP contribution in [0.5, 0.6) is 0 Å². The van der Waals surface area contributed by atoms with Gasteiger partial charge in [-0.05, 0) is 23.8 Å². The molecule has 0 atom stereocenters. The molecule has 134 valence electrons. The summed E-state index contributed by atoms with van der Waals surface area (Å²) in [5, 5.41) is 7.35. The number of primary sulfonamides is 1. The van der Waals surface area contributed by atoms with E-state index in [0.29, 0.717) is 23.7 Å². The third-order valence-electron chi connectivity index (χ3n) is 4.08. The van der Waals surface area contributed by atoms with Gasteiger partial charge in [0.15, 0.2) is 0 Å². The van der Waals surface area contributed by atoms with Crippen molar-refractivity contribution in [2.75, 3.05) is 26.2 Å². The molecule has 0 aliphatic carbocycles. The van der Waals surface area contributed by atoms with Gasteiger partial charge < -0.3 is 4.90 Å². The van der Waals surface area contributed by atoms with Gasteiger partial charge in [-0.2, -0.15) is 0 Å². The molecule has 1 aromatic heterocycles. The Morgan fingerprint density at radius 3 is 2.36 bits per heavy atom. The maximum atomic E-state index is 12.5. The SMILES string of the molecule is NS(=O)(=O)c1cc(C(=O)N2CCN(Cc3ccc(Cl)cc3)CC2)cs1. The highest BCUT2D eigenvalue weighted by molar-refractivity contribution is 7.91. The van der Waals surface area contributed by atoms with Gasteiger partial charge in [-0.25, -0.2) is 13.6 Å². The zero-order valence-electron chi connectivity index (χ0n) is 13.4. The first-order valence-electron chi connectivity index (χ1n) is 7.70. The number of amides is 1. The fraction of sp³-hybridized carbons (Fsp3) is 0.312. The van der Waals surface area contributed by atoms with Crippen molar-refractivity contribution in [2.24, 2.45) is 5.14 Å². The Kier molecular flexibility index (Phi) is 5.45. The Morgan fingerprint density at radius 1 is 1.16 bits per heavy atom. The number of thiophene rings is 1. The minimum Gasteiger partial charge on any atom is -0.336 e. The maximum absolute atomic E-state index is 12.5. The van der Waals surface area contributed by atoms with Crippen LogP contribution < -0.4 is 5.14 Å². The van der Waals surface area contributed by atoms with Crippen LogP contribution in [0.3, 0.4) is 0 Å². The fourth-order valence-corrected chi connectivity index (χ4v) is 4.42. The first-order chi connectivity index (χ1) is 11.8. The molecule has 1 saturated heterocycles.